The van der Waals surface area contributed by atoms with Gasteiger partial charge in [-0.1, -0.05) is 13.8 Å². The Morgan fingerprint density at radius 1 is 1.32 bits per heavy atom. The van der Waals surface area contributed by atoms with Crippen LogP contribution in [0.15, 0.2) is 30.5 Å². The number of benzene rings is 1. The molecule has 22 heavy (non-hydrogen) atoms. The Hall–Kier alpha value is -1.49. The fourth-order valence-corrected chi connectivity index (χ4v) is 5.05. The molecular formula is C17H21FN2OS. The number of aromatic nitrogens is 1. The van der Waals surface area contributed by atoms with Crippen molar-refractivity contribution >= 4 is 27.4 Å². The summed E-state index contributed by atoms with van der Waals surface area (Å²) in [6.45, 7) is 5.78. The Bertz CT molecular complexity index is 715. The molecule has 0 amide bonds. The van der Waals surface area contributed by atoms with Crippen molar-refractivity contribution in [2.75, 3.05) is 23.7 Å². The van der Waals surface area contributed by atoms with Crippen molar-refractivity contribution < 1.29 is 8.60 Å². The smallest absolute Gasteiger partial charge is 0.125 e. The van der Waals surface area contributed by atoms with Crippen LogP contribution in [0.25, 0.3) is 10.9 Å². The summed E-state index contributed by atoms with van der Waals surface area (Å²) in [5, 5.41) is 0.956. The Labute approximate surface area is 133 Å². The average Bonchev–Trinajstić information content (AvgIpc) is 2.55. The van der Waals surface area contributed by atoms with Crippen LogP contribution in [0.2, 0.25) is 0 Å². The molecule has 2 aromatic rings. The highest BCUT2D eigenvalue weighted by molar-refractivity contribution is 7.86. The van der Waals surface area contributed by atoms with Crippen LogP contribution in [0.5, 0.6) is 0 Å². The summed E-state index contributed by atoms with van der Waals surface area (Å²) in [6.07, 6.45) is 3.54. The minimum Gasteiger partial charge on any atom is -0.369 e. The molecule has 0 bridgehead atoms. The van der Waals surface area contributed by atoms with E-state index in [9.17, 15) is 8.60 Å². The van der Waals surface area contributed by atoms with Crippen molar-refractivity contribution in [1.29, 1.82) is 0 Å². The molecule has 2 heterocycles. The summed E-state index contributed by atoms with van der Waals surface area (Å²) in [5.74, 6) is 0.417. The zero-order valence-corrected chi connectivity index (χ0v) is 13.8. The monoisotopic (exact) mass is 320 g/mol. The molecule has 1 aromatic heterocycles. The Morgan fingerprint density at radius 2 is 2.09 bits per heavy atom. The number of pyridine rings is 1. The van der Waals surface area contributed by atoms with E-state index in [2.05, 4.69) is 23.7 Å². The van der Waals surface area contributed by atoms with Crippen molar-refractivity contribution in [2.45, 2.75) is 31.4 Å². The molecule has 0 saturated carbocycles. The van der Waals surface area contributed by atoms with Gasteiger partial charge >= 0.3 is 0 Å². The third-order valence-corrected chi connectivity index (χ3v) is 7.05. The summed E-state index contributed by atoms with van der Waals surface area (Å²) in [6, 6.07) is 6.71. The van der Waals surface area contributed by atoms with Gasteiger partial charge < -0.3 is 4.90 Å². The highest BCUT2D eigenvalue weighted by Gasteiger charge is 2.39. The van der Waals surface area contributed by atoms with Gasteiger partial charge in [-0.25, -0.2) is 4.39 Å². The van der Waals surface area contributed by atoms with Crippen molar-refractivity contribution in [2.24, 2.45) is 0 Å². The molecule has 1 atom stereocenters. The van der Waals surface area contributed by atoms with Crippen LogP contribution in [0, 0.1) is 5.82 Å². The van der Waals surface area contributed by atoms with Crippen molar-refractivity contribution in [1.82, 2.24) is 4.98 Å². The molecular weight excluding hydrogens is 299 g/mol. The van der Waals surface area contributed by atoms with Crippen molar-refractivity contribution in [3.05, 3.63) is 36.3 Å². The largest absolute Gasteiger partial charge is 0.369 e. The fraction of sp³-hybridized carbons (Fsp3) is 0.471. The first-order valence-corrected chi connectivity index (χ1v) is 9.09. The third kappa shape index (κ3) is 2.51. The highest BCUT2D eigenvalue weighted by Crippen LogP contribution is 2.34. The molecule has 0 spiro atoms. The number of hydrogen-bond acceptors (Lipinski definition) is 3. The summed E-state index contributed by atoms with van der Waals surface area (Å²) in [7, 11) is -0.786. The van der Waals surface area contributed by atoms with E-state index in [0.29, 0.717) is 11.3 Å². The molecule has 3 rings (SSSR count). The lowest BCUT2D eigenvalue weighted by atomic mass is 10.0. The Balaban J connectivity index is 2.03. The number of anilines is 1. The van der Waals surface area contributed by atoms with Gasteiger partial charge in [-0.05, 0) is 31.0 Å². The summed E-state index contributed by atoms with van der Waals surface area (Å²) >= 11 is 0. The van der Waals surface area contributed by atoms with Gasteiger partial charge in [0.25, 0.3) is 0 Å². The second kappa shape index (κ2) is 5.95. The maximum atomic E-state index is 13.4. The molecule has 0 aliphatic carbocycles. The number of rotatable bonds is 3. The van der Waals surface area contributed by atoms with Gasteiger partial charge in [-0.2, -0.15) is 0 Å². The first kappa shape index (κ1) is 15.4. The van der Waals surface area contributed by atoms with E-state index in [1.165, 1.54) is 12.1 Å². The molecule has 3 nitrogen and oxygen atoms in total. The topological polar surface area (TPSA) is 33.2 Å². The molecule has 0 radical (unpaired) electrons. The average molecular weight is 320 g/mol. The number of fused-ring (bicyclic) bond motifs is 1. The van der Waals surface area contributed by atoms with Gasteiger partial charge in [0.05, 0.1) is 10.3 Å². The minimum absolute atomic E-state index is 0.145. The van der Waals surface area contributed by atoms with Gasteiger partial charge in [0.2, 0.25) is 0 Å². The summed E-state index contributed by atoms with van der Waals surface area (Å²) in [5.41, 5.74) is 1.73. The molecule has 1 fully saturated rings. The molecule has 1 unspecified atom stereocenters. The molecule has 1 aromatic carbocycles. The Kier molecular flexibility index (Phi) is 4.17. The normalized spacial score (nSPS) is 21.2. The second-order valence-electron chi connectivity index (χ2n) is 5.85. The van der Waals surface area contributed by atoms with Crippen LogP contribution in [0.1, 0.15) is 26.7 Å². The van der Waals surface area contributed by atoms with E-state index >= 15 is 0 Å². The zero-order valence-electron chi connectivity index (χ0n) is 13.0. The zero-order chi connectivity index (χ0) is 15.7. The minimum atomic E-state index is -0.786. The first-order chi connectivity index (χ1) is 10.6. The fourth-order valence-electron chi connectivity index (χ4n) is 3.29. The molecule has 5 heteroatoms. The standard InChI is InChI=1S/C17H21FN2OS/c1-3-17(4-2)12-20(9-10-22(17)21)16-7-8-19-15-11-13(18)5-6-14(15)16/h5-8,11H,3-4,9-10,12H2,1-2H3. The number of halogens is 1. The van der Waals surface area contributed by atoms with Gasteiger partial charge in [-0.15, -0.1) is 0 Å². The van der Waals surface area contributed by atoms with Gasteiger partial charge in [-0.3, -0.25) is 9.19 Å². The second-order valence-corrected chi connectivity index (χ2v) is 7.82. The predicted molar refractivity (Wildman–Crippen MR) is 90.2 cm³/mol. The van der Waals surface area contributed by atoms with E-state index in [-0.39, 0.29) is 10.6 Å². The lowest BCUT2D eigenvalue weighted by molar-refractivity contribution is 0.496. The molecule has 1 aliphatic rings. The molecule has 1 saturated heterocycles. The maximum Gasteiger partial charge on any atom is 0.125 e. The van der Waals surface area contributed by atoms with E-state index in [0.717, 1.165) is 37.0 Å². The molecule has 0 N–H and O–H groups in total. The highest BCUT2D eigenvalue weighted by atomic mass is 32.2. The lowest BCUT2D eigenvalue weighted by Gasteiger charge is -2.42. The summed E-state index contributed by atoms with van der Waals surface area (Å²) in [4.78, 5) is 6.55. The summed E-state index contributed by atoms with van der Waals surface area (Å²) < 4.78 is 25.7. The van der Waals surface area contributed by atoms with Gasteiger partial charge in [0.1, 0.15) is 5.82 Å². The van der Waals surface area contributed by atoms with Crippen LogP contribution in [-0.2, 0) is 10.8 Å². The lowest BCUT2D eigenvalue weighted by Crippen LogP contribution is -2.53. The quantitative estimate of drug-likeness (QED) is 0.868. The van der Waals surface area contributed by atoms with Crippen molar-refractivity contribution in [3.8, 4) is 0 Å². The van der Waals surface area contributed by atoms with E-state index in [1.54, 1.807) is 12.3 Å². The van der Waals surface area contributed by atoms with Crippen LogP contribution in [0.4, 0.5) is 10.1 Å². The SMILES string of the molecule is CCC1(CC)CN(c2ccnc3cc(F)ccc23)CCS1=O. The predicted octanol–water partition coefficient (Wildman–Crippen LogP) is 3.50. The van der Waals surface area contributed by atoms with Crippen LogP contribution < -0.4 is 4.90 Å². The molecule has 1 aliphatic heterocycles. The molecule has 118 valence electrons. The van der Waals surface area contributed by atoms with Crippen LogP contribution in [0.3, 0.4) is 0 Å². The first-order valence-electron chi connectivity index (χ1n) is 7.77. The van der Waals surface area contributed by atoms with Crippen LogP contribution >= 0.6 is 0 Å². The van der Waals surface area contributed by atoms with E-state index in [4.69, 9.17) is 0 Å². The Morgan fingerprint density at radius 3 is 2.82 bits per heavy atom. The van der Waals surface area contributed by atoms with E-state index in [1.807, 2.05) is 6.07 Å². The van der Waals surface area contributed by atoms with E-state index < -0.39 is 10.8 Å². The maximum absolute atomic E-state index is 13.4. The number of hydrogen-bond donors (Lipinski definition) is 0. The van der Waals surface area contributed by atoms with Gasteiger partial charge in [0, 0.05) is 53.0 Å². The van der Waals surface area contributed by atoms with Gasteiger partial charge in [0.15, 0.2) is 0 Å². The van der Waals surface area contributed by atoms with Crippen LogP contribution in [-0.4, -0.2) is 32.8 Å². The third-order valence-electron chi connectivity index (χ3n) is 4.82. The number of nitrogens with zero attached hydrogens (tertiary/aromatic N) is 2. The van der Waals surface area contributed by atoms with Crippen molar-refractivity contribution in [3.63, 3.8) is 0 Å².